The fourth-order valence-corrected chi connectivity index (χ4v) is 5.94. The van der Waals surface area contributed by atoms with Crippen molar-refractivity contribution in [2.24, 2.45) is 0 Å². The van der Waals surface area contributed by atoms with Gasteiger partial charge in [-0.15, -0.1) is 11.3 Å². The molecule has 6 nitrogen and oxygen atoms in total. The van der Waals surface area contributed by atoms with Crippen LogP contribution in [0.25, 0.3) is 0 Å². The van der Waals surface area contributed by atoms with Gasteiger partial charge in [0, 0.05) is 19.6 Å². The van der Waals surface area contributed by atoms with Gasteiger partial charge in [-0.25, -0.2) is 8.42 Å². The van der Waals surface area contributed by atoms with Gasteiger partial charge in [0.05, 0.1) is 12.0 Å². The van der Waals surface area contributed by atoms with E-state index < -0.39 is 10.0 Å². The Balaban J connectivity index is 1.66. The van der Waals surface area contributed by atoms with Crippen molar-refractivity contribution in [3.8, 4) is 5.75 Å². The van der Waals surface area contributed by atoms with Gasteiger partial charge in [0.1, 0.15) is 9.96 Å². The van der Waals surface area contributed by atoms with Crippen LogP contribution in [0.4, 0.5) is 0 Å². The molecule has 0 bridgehead atoms. The van der Waals surface area contributed by atoms with Gasteiger partial charge in [0.2, 0.25) is 0 Å². The Morgan fingerprint density at radius 2 is 1.89 bits per heavy atom. The smallest absolute Gasteiger partial charge is 0.261 e. The monoisotopic (exact) mass is 408 g/mol. The molecule has 146 valence electrons. The lowest BCUT2D eigenvalue weighted by Crippen LogP contribution is -2.31. The average molecular weight is 409 g/mol. The second kappa shape index (κ2) is 8.86. The lowest BCUT2D eigenvalue weighted by molar-refractivity contribution is 0.0955. The van der Waals surface area contributed by atoms with E-state index in [0.717, 1.165) is 48.3 Å². The summed E-state index contributed by atoms with van der Waals surface area (Å²) in [4.78, 5) is 12.8. The second-order valence-corrected chi connectivity index (χ2v) is 9.72. The number of hydrogen-bond donors (Lipinski definition) is 1. The first-order valence-corrected chi connectivity index (χ1v) is 11.3. The van der Waals surface area contributed by atoms with Crippen LogP contribution in [0.15, 0.2) is 40.6 Å². The quantitative estimate of drug-likeness (QED) is 0.796. The Morgan fingerprint density at radius 3 is 2.59 bits per heavy atom. The van der Waals surface area contributed by atoms with Gasteiger partial charge in [-0.1, -0.05) is 25.0 Å². The number of hydrogen-bond acceptors (Lipinski definition) is 5. The van der Waals surface area contributed by atoms with Gasteiger partial charge < -0.3 is 10.1 Å². The van der Waals surface area contributed by atoms with Crippen LogP contribution < -0.4 is 10.1 Å². The van der Waals surface area contributed by atoms with Gasteiger partial charge in [0.25, 0.3) is 15.9 Å². The molecule has 0 radical (unpaired) electrons. The molecule has 8 heteroatoms. The fourth-order valence-electron chi connectivity index (χ4n) is 3.04. The van der Waals surface area contributed by atoms with Crippen LogP contribution in [0.5, 0.6) is 5.75 Å². The minimum Gasteiger partial charge on any atom is -0.497 e. The predicted octanol–water partition coefficient (Wildman–Crippen LogP) is 3.25. The molecule has 1 fully saturated rings. The summed E-state index contributed by atoms with van der Waals surface area (Å²) >= 11 is 1.02. The van der Waals surface area contributed by atoms with Gasteiger partial charge >= 0.3 is 0 Å². The third kappa shape index (κ3) is 4.88. The van der Waals surface area contributed by atoms with Crippen LogP contribution in [-0.2, 0) is 16.6 Å². The minimum atomic E-state index is -3.52. The van der Waals surface area contributed by atoms with E-state index in [2.05, 4.69) is 5.32 Å². The number of rotatable bonds is 6. The molecule has 1 N–H and O–H groups in total. The SMILES string of the molecule is COc1cccc(CNC(=O)c2ccc(S(=O)(=O)N3CCCCCC3)s2)c1. The highest BCUT2D eigenvalue weighted by molar-refractivity contribution is 7.91. The number of nitrogens with one attached hydrogen (secondary N) is 1. The van der Waals surface area contributed by atoms with Crippen molar-refractivity contribution in [2.45, 2.75) is 36.4 Å². The number of amides is 1. The third-order valence-corrected chi connectivity index (χ3v) is 8.00. The summed E-state index contributed by atoms with van der Waals surface area (Å²) in [6, 6.07) is 10.6. The molecule has 0 unspecified atom stereocenters. The van der Waals surface area contributed by atoms with Gasteiger partial charge in [-0.3, -0.25) is 4.79 Å². The lowest BCUT2D eigenvalue weighted by atomic mass is 10.2. The summed E-state index contributed by atoms with van der Waals surface area (Å²) < 4.78 is 32.6. The van der Waals surface area contributed by atoms with Gasteiger partial charge in [-0.2, -0.15) is 4.31 Å². The van der Waals surface area contributed by atoms with E-state index in [4.69, 9.17) is 4.74 Å². The molecule has 1 aliphatic rings. The molecule has 0 spiro atoms. The van der Waals surface area contributed by atoms with E-state index >= 15 is 0 Å². The van der Waals surface area contributed by atoms with Crippen LogP contribution in [0, 0.1) is 0 Å². The summed E-state index contributed by atoms with van der Waals surface area (Å²) in [5.74, 6) is 0.448. The van der Waals surface area contributed by atoms with E-state index in [1.165, 1.54) is 6.07 Å². The minimum absolute atomic E-state index is 0.232. The summed E-state index contributed by atoms with van der Waals surface area (Å²) in [7, 11) is -1.93. The van der Waals surface area contributed by atoms with Crippen molar-refractivity contribution < 1.29 is 17.9 Å². The van der Waals surface area contributed by atoms with E-state index in [0.29, 0.717) is 24.5 Å². The van der Waals surface area contributed by atoms with Crippen molar-refractivity contribution >= 4 is 27.3 Å². The first kappa shape index (κ1) is 19.9. The molecule has 2 heterocycles. The highest BCUT2D eigenvalue weighted by Crippen LogP contribution is 2.27. The molecule has 1 aromatic heterocycles. The third-order valence-electron chi connectivity index (χ3n) is 4.55. The first-order valence-electron chi connectivity index (χ1n) is 9.02. The predicted molar refractivity (Wildman–Crippen MR) is 106 cm³/mol. The maximum Gasteiger partial charge on any atom is 0.261 e. The number of carbonyl (C=O) groups is 1. The molecule has 1 aliphatic heterocycles. The molecular weight excluding hydrogens is 384 g/mol. The molecule has 1 amide bonds. The van der Waals surface area contributed by atoms with Crippen LogP contribution in [0.2, 0.25) is 0 Å². The van der Waals surface area contributed by atoms with Crippen LogP contribution in [0.1, 0.15) is 40.9 Å². The van der Waals surface area contributed by atoms with E-state index in [1.807, 2.05) is 24.3 Å². The molecule has 0 atom stereocenters. The lowest BCUT2D eigenvalue weighted by Gasteiger charge is -2.18. The van der Waals surface area contributed by atoms with Crippen LogP contribution in [0.3, 0.4) is 0 Å². The molecule has 1 saturated heterocycles. The van der Waals surface area contributed by atoms with E-state index in [9.17, 15) is 13.2 Å². The Hall–Kier alpha value is -1.90. The van der Waals surface area contributed by atoms with E-state index in [-0.39, 0.29) is 10.1 Å². The van der Waals surface area contributed by atoms with Crippen molar-refractivity contribution in [1.82, 2.24) is 9.62 Å². The molecule has 1 aromatic carbocycles. The number of sulfonamides is 1. The molecule has 3 rings (SSSR count). The maximum atomic E-state index is 12.8. The molecule has 2 aromatic rings. The topological polar surface area (TPSA) is 75.7 Å². The van der Waals surface area contributed by atoms with Crippen LogP contribution >= 0.6 is 11.3 Å². The van der Waals surface area contributed by atoms with Crippen molar-refractivity contribution in [3.05, 3.63) is 46.8 Å². The number of carbonyl (C=O) groups excluding carboxylic acids is 1. The van der Waals surface area contributed by atoms with Gasteiger partial charge in [0.15, 0.2) is 0 Å². The van der Waals surface area contributed by atoms with Gasteiger partial charge in [-0.05, 0) is 42.7 Å². The molecule has 27 heavy (non-hydrogen) atoms. The number of ether oxygens (including phenoxy) is 1. The van der Waals surface area contributed by atoms with E-state index in [1.54, 1.807) is 17.5 Å². The Morgan fingerprint density at radius 1 is 1.15 bits per heavy atom. The standard InChI is InChI=1S/C19H24N2O4S2/c1-25-16-8-6-7-15(13-16)14-20-19(22)17-9-10-18(26-17)27(23,24)21-11-4-2-3-5-12-21/h6-10,13H,2-5,11-12,14H2,1H3,(H,20,22). The Labute approximate surface area is 164 Å². The molecule has 0 saturated carbocycles. The molecular formula is C19H24N2O4S2. The Bertz CT molecular complexity index is 885. The molecule has 0 aliphatic carbocycles. The zero-order chi connectivity index (χ0) is 19.3. The zero-order valence-electron chi connectivity index (χ0n) is 15.3. The normalized spacial score (nSPS) is 15.9. The van der Waals surface area contributed by atoms with Crippen molar-refractivity contribution in [1.29, 1.82) is 0 Å². The fraction of sp³-hybridized carbons (Fsp3) is 0.421. The number of thiophene rings is 1. The van der Waals surface area contributed by atoms with Crippen LogP contribution in [-0.4, -0.2) is 38.8 Å². The summed E-state index contributed by atoms with van der Waals surface area (Å²) in [5.41, 5.74) is 0.914. The number of methoxy groups -OCH3 is 1. The first-order chi connectivity index (χ1) is 13.0. The van der Waals surface area contributed by atoms with Crippen molar-refractivity contribution in [2.75, 3.05) is 20.2 Å². The largest absolute Gasteiger partial charge is 0.497 e. The summed E-state index contributed by atoms with van der Waals surface area (Å²) in [6.07, 6.45) is 3.90. The maximum absolute atomic E-state index is 12.8. The Kier molecular flexibility index (Phi) is 6.51. The average Bonchev–Trinajstić information content (AvgIpc) is 3.02. The highest BCUT2D eigenvalue weighted by Gasteiger charge is 2.27. The summed E-state index contributed by atoms with van der Waals surface area (Å²) in [5, 5.41) is 2.83. The summed E-state index contributed by atoms with van der Waals surface area (Å²) in [6.45, 7) is 1.46. The highest BCUT2D eigenvalue weighted by atomic mass is 32.2. The zero-order valence-corrected chi connectivity index (χ0v) is 16.9. The number of benzene rings is 1. The second-order valence-electron chi connectivity index (χ2n) is 6.47. The number of nitrogens with zero attached hydrogens (tertiary/aromatic N) is 1. The van der Waals surface area contributed by atoms with Crippen molar-refractivity contribution in [3.63, 3.8) is 0 Å².